The van der Waals surface area contributed by atoms with Gasteiger partial charge in [0.1, 0.15) is 6.04 Å². The Morgan fingerprint density at radius 1 is 1.08 bits per heavy atom. The molecule has 6 heteroatoms. The number of piperidine rings is 1. The van der Waals surface area contributed by atoms with Crippen LogP contribution in [0.15, 0.2) is 24.3 Å². The second-order valence-corrected chi connectivity index (χ2v) is 7.00. The number of nitrogens with two attached hydrogens (primary N) is 1. The number of benzene rings is 1. The summed E-state index contributed by atoms with van der Waals surface area (Å²) in [7, 11) is 0. The third-order valence-corrected chi connectivity index (χ3v) is 5.38. The summed E-state index contributed by atoms with van der Waals surface area (Å²) in [6.45, 7) is 0.417. The number of allylic oxidation sites excluding steroid dienone is 1. The number of hydrogen-bond donors (Lipinski definition) is 2. The van der Waals surface area contributed by atoms with E-state index in [-0.39, 0.29) is 30.2 Å². The summed E-state index contributed by atoms with van der Waals surface area (Å²) in [5, 5.41) is 2.34. The molecule has 1 saturated heterocycles. The van der Waals surface area contributed by atoms with Crippen LogP contribution in [0.4, 0.5) is 0 Å². The van der Waals surface area contributed by atoms with E-state index in [0.717, 1.165) is 30.4 Å². The van der Waals surface area contributed by atoms with Crippen molar-refractivity contribution in [2.75, 3.05) is 0 Å². The van der Waals surface area contributed by atoms with Gasteiger partial charge in [-0.15, -0.1) is 0 Å². The van der Waals surface area contributed by atoms with E-state index in [1.165, 1.54) is 5.57 Å². The predicted molar refractivity (Wildman–Crippen MR) is 92.3 cm³/mol. The molecule has 0 bridgehead atoms. The lowest BCUT2D eigenvalue weighted by molar-refractivity contribution is -0.136. The molecule has 1 aromatic rings. The monoisotopic (exact) mass is 339 g/mol. The first kappa shape index (κ1) is 16.0. The van der Waals surface area contributed by atoms with Crippen molar-refractivity contribution in [1.82, 2.24) is 10.2 Å². The molecule has 3 amide bonds. The average molecular weight is 339 g/mol. The van der Waals surface area contributed by atoms with Gasteiger partial charge in [-0.1, -0.05) is 18.2 Å². The Kier molecular flexibility index (Phi) is 3.92. The van der Waals surface area contributed by atoms with Crippen molar-refractivity contribution in [3.8, 4) is 0 Å². The summed E-state index contributed by atoms with van der Waals surface area (Å²) in [4.78, 5) is 38.0. The highest BCUT2D eigenvalue weighted by Gasteiger charge is 2.40. The molecule has 0 saturated carbocycles. The van der Waals surface area contributed by atoms with Crippen LogP contribution in [0.25, 0.3) is 5.57 Å². The first-order valence-corrected chi connectivity index (χ1v) is 8.76. The molecule has 6 nitrogen and oxygen atoms in total. The van der Waals surface area contributed by atoms with Crippen molar-refractivity contribution >= 4 is 23.3 Å². The van der Waals surface area contributed by atoms with Crippen LogP contribution in [0, 0.1) is 0 Å². The lowest BCUT2D eigenvalue weighted by Gasteiger charge is -2.29. The molecule has 4 rings (SSSR count). The highest BCUT2D eigenvalue weighted by molar-refractivity contribution is 6.06. The van der Waals surface area contributed by atoms with Gasteiger partial charge in [-0.2, -0.15) is 0 Å². The van der Waals surface area contributed by atoms with Crippen LogP contribution in [0.3, 0.4) is 0 Å². The van der Waals surface area contributed by atoms with Crippen molar-refractivity contribution in [3.63, 3.8) is 0 Å². The van der Waals surface area contributed by atoms with Crippen molar-refractivity contribution in [2.24, 2.45) is 5.73 Å². The van der Waals surface area contributed by atoms with E-state index in [1.54, 1.807) is 4.90 Å². The fourth-order valence-electron chi connectivity index (χ4n) is 3.99. The molecule has 2 atom stereocenters. The largest absolute Gasteiger partial charge is 0.327 e. The standard InChI is InChI=1S/C19H21N3O3/c20-12-6-4-11(5-7-12)13-2-1-3-14-15(13)10-22(19(14)25)16-8-9-17(23)21-18(16)24/h1-4,12,16H,5-10,20H2,(H,21,23,24). The minimum atomic E-state index is -0.570. The minimum absolute atomic E-state index is 0.126. The van der Waals surface area contributed by atoms with Gasteiger partial charge in [0.2, 0.25) is 11.8 Å². The van der Waals surface area contributed by atoms with E-state index >= 15 is 0 Å². The van der Waals surface area contributed by atoms with Crippen LogP contribution in [-0.4, -0.2) is 34.7 Å². The van der Waals surface area contributed by atoms with E-state index < -0.39 is 6.04 Å². The topological polar surface area (TPSA) is 92.5 Å². The fourth-order valence-corrected chi connectivity index (χ4v) is 3.99. The summed E-state index contributed by atoms with van der Waals surface area (Å²) in [5.41, 5.74) is 9.95. The molecule has 2 heterocycles. The number of imide groups is 1. The van der Waals surface area contributed by atoms with Crippen molar-refractivity contribution in [1.29, 1.82) is 0 Å². The maximum atomic E-state index is 12.8. The van der Waals surface area contributed by atoms with E-state index in [9.17, 15) is 14.4 Å². The van der Waals surface area contributed by atoms with E-state index in [2.05, 4.69) is 11.4 Å². The third kappa shape index (κ3) is 2.76. The summed E-state index contributed by atoms with van der Waals surface area (Å²) < 4.78 is 0. The highest BCUT2D eigenvalue weighted by atomic mass is 16.2. The summed E-state index contributed by atoms with van der Waals surface area (Å²) in [6.07, 6.45) is 5.53. The van der Waals surface area contributed by atoms with E-state index in [0.29, 0.717) is 18.5 Å². The van der Waals surface area contributed by atoms with Crippen LogP contribution in [0.2, 0.25) is 0 Å². The van der Waals surface area contributed by atoms with Crippen molar-refractivity contribution in [3.05, 3.63) is 41.0 Å². The van der Waals surface area contributed by atoms with Crippen LogP contribution in [0.5, 0.6) is 0 Å². The number of carbonyl (C=O) groups excluding carboxylic acids is 3. The van der Waals surface area contributed by atoms with Gasteiger partial charge in [0.25, 0.3) is 5.91 Å². The molecular weight excluding hydrogens is 318 g/mol. The van der Waals surface area contributed by atoms with Gasteiger partial charge in [0, 0.05) is 24.6 Å². The maximum absolute atomic E-state index is 12.8. The van der Waals surface area contributed by atoms with Gasteiger partial charge < -0.3 is 10.6 Å². The zero-order chi connectivity index (χ0) is 17.6. The Hall–Kier alpha value is -2.47. The lowest BCUT2D eigenvalue weighted by atomic mass is 9.88. The van der Waals surface area contributed by atoms with Crippen LogP contribution in [0.1, 0.15) is 53.6 Å². The van der Waals surface area contributed by atoms with Crippen molar-refractivity contribution < 1.29 is 14.4 Å². The first-order chi connectivity index (χ1) is 12.0. The number of fused-ring (bicyclic) bond motifs is 1. The number of nitrogens with one attached hydrogen (secondary N) is 1. The Morgan fingerprint density at radius 2 is 1.88 bits per heavy atom. The molecule has 3 N–H and O–H groups in total. The van der Waals surface area contributed by atoms with Gasteiger partial charge in [0.15, 0.2) is 0 Å². The lowest BCUT2D eigenvalue weighted by Crippen LogP contribution is -2.52. The fraction of sp³-hybridized carbons (Fsp3) is 0.421. The molecule has 1 aromatic carbocycles. The van der Waals surface area contributed by atoms with Gasteiger partial charge in [-0.3, -0.25) is 19.7 Å². The summed E-state index contributed by atoms with van der Waals surface area (Å²) in [5.74, 6) is -0.768. The number of amides is 3. The van der Waals surface area contributed by atoms with Gasteiger partial charge in [0.05, 0.1) is 0 Å². The van der Waals surface area contributed by atoms with Crippen LogP contribution in [-0.2, 0) is 16.1 Å². The van der Waals surface area contributed by atoms with Crippen molar-refractivity contribution in [2.45, 2.75) is 50.7 Å². The highest BCUT2D eigenvalue weighted by Crippen LogP contribution is 2.35. The second kappa shape index (κ2) is 6.11. The Morgan fingerprint density at radius 3 is 2.60 bits per heavy atom. The third-order valence-electron chi connectivity index (χ3n) is 5.38. The Bertz CT molecular complexity index is 799. The Balaban J connectivity index is 1.64. The average Bonchev–Trinajstić information content (AvgIpc) is 2.93. The molecular formula is C19H21N3O3. The molecule has 0 radical (unpaired) electrons. The van der Waals surface area contributed by atoms with E-state index in [4.69, 9.17) is 5.73 Å². The van der Waals surface area contributed by atoms with E-state index in [1.807, 2.05) is 18.2 Å². The number of hydrogen-bond acceptors (Lipinski definition) is 4. The predicted octanol–water partition coefficient (Wildman–Crippen LogP) is 1.34. The van der Waals surface area contributed by atoms with Gasteiger partial charge in [-0.25, -0.2) is 0 Å². The molecule has 130 valence electrons. The zero-order valence-electron chi connectivity index (χ0n) is 14.0. The number of rotatable bonds is 2. The molecule has 2 unspecified atom stereocenters. The number of carbonyl (C=O) groups is 3. The second-order valence-electron chi connectivity index (χ2n) is 7.00. The van der Waals surface area contributed by atoms with Crippen LogP contribution < -0.4 is 11.1 Å². The van der Waals surface area contributed by atoms with Gasteiger partial charge >= 0.3 is 0 Å². The SMILES string of the molecule is NC1CC=C(c2cccc3c2CN(C2CCC(=O)NC2=O)C3=O)CC1. The zero-order valence-corrected chi connectivity index (χ0v) is 14.0. The molecule has 0 aromatic heterocycles. The molecule has 0 spiro atoms. The molecule has 25 heavy (non-hydrogen) atoms. The Labute approximate surface area is 146 Å². The molecule has 3 aliphatic rings. The minimum Gasteiger partial charge on any atom is -0.327 e. The van der Waals surface area contributed by atoms with Gasteiger partial charge in [-0.05, 0) is 48.4 Å². The molecule has 1 aliphatic carbocycles. The normalized spacial score (nSPS) is 26.4. The molecule has 2 aliphatic heterocycles. The summed E-state index contributed by atoms with van der Waals surface area (Å²) >= 11 is 0. The quantitative estimate of drug-likeness (QED) is 0.795. The summed E-state index contributed by atoms with van der Waals surface area (Å²) in [6, 6.07) is 5.40. The first-order valence-electron chi connectivity index (χ1n) is 8.76. The maximum Gasteiger partial charge on any atom is 0.255 e. The van der Waals surface area contributed by atoms with Crippen LogP contribution >= 0.6 is 0 Å². The molecule has 1 fully saturated rings. The number of nitrogens with zero attached hydrogens (tertiary/aromatic N) is 1. The smallest absolute Gasteiger partial charge is 0.255 e.